The van der Waals surface area contributed by atoms with Crippen LogP contribution in [0.2, 0.25) is 0 Å². The van der Waals surface area contributed by atoms with Crippen molar-refractivity contribution in [3.63, 3.8) is 0 Å². The van der Waals surface area contributed by atoms with E-state index in [-0.39, 0.29) is 65.5 Å². The maximum absolute atomic E-state index is 12.9. The van der Waals surface area contributed by atoms with Crippen LogP contribution < -0.4 is 26.0 Å². The highest BCUT2D eigenvalue weighted by Gasteiger charge is 2.30. The third-order valence-electron chi connectivity index (χ3n) is 5.63. The molecule has 17 heteroatoms. The lowest BCUT2D eigenvalue weighted by Crippen LogP contribution is -2.50. The first-order valence-electron chi connectivity index (χ1n) is 12.5. The smallest absolute Gasteiger partial charge is 0.272 e. The molecule has 0 unspecified atom stereocenters. The van der Waals surface area contributed by atoms with Crippen LogP contribution in [0, 0.1) is 5.92 Å². The van der Waals surface area contributed by atoms with Crippen molar-refractivity contribution in [2.24, 2.45) is 5.92 Å². The van der Waals surface area contributed by atoms with Crippen molar-refractivity contribution in [1.29, 1.82) is 0 Å². The Balaban J connectivity index is 1.62. The highest BCUT2D eigenvalue weighted by Crippen LogP contribution is 2.38. The Morgan fingerprint density at radius 2 is 1.90 bits per heavy atom. The second-order valence-corrected chi connectivity index (χ2v) is 9.68. The molecule has 1 aliphatic carbocycles. The number of likely N-dealkylation sites (N-methyl/N-ethyl adjacent to an activating group) is 1. The van der Waals surface area contributed by atoms with Gasteiger partial charge >= 0.3 is 0 Å². The van der Waals surface area contributed by atoms with E-state index in [0.717, 1.165) is 12.8 Å². The van der Waals surface area contributed by atoms with Gasteiger partial charge in [-0.25, -0.2) is 0 Å². The maximum Gasteiger partial charge on any atom is 0.272 e. The molecule has 1 fully saturated rings. The fourth-order valence-electron chi connectivity index (χ4n) is 3.67. The zero-order valence-corrected chi connectivity index (χ0v) is 22.7. The number of para-hydroxylation sites is 1. The van der Waals surface area contributed by atoms with Gasteiger partial charge in [-0.1, -0.05) is 16.5 Å². The molecule has 0 atom stereocenters. The Hall–Kier alpha value is -4.40. The van der Waals surface area contributed by atoms with E-state index in [2.05, 4.69) is 41.6 Å². The minimum atomic E-state index is -2.02. The highest BCUT2D eigenvalue weighted by atomic mass is 16.5. The first kappa shape index (κ1) is 29.6. The lowest BCUT2D eigenvalue weighted by atomic mass is 9.49. The Labute approximate surface area is 240 Å². The van der Waals surface area contributed by atoms with Crippen LogP contribution in [0.25, 0.3) is 11.5 Å². The third-order valence-corrected chi connectivity index (χ3v) is 5.63. The quantitative estimate of drug-likeness (QED) is 0.216. The normalized spacial score (nSPS) is 13.0. The number of nitrogens with one attached hydrogen (secondary N) is 4. The van der Waals surface area contributed by atoms with Crippen LogP contribution in [0.3, 0.4) is 0 Å². The first-order chi connectivity index (χ1) is 19.4. The van der Waals surface area contributed by atoms with E-state index in [0.29, 0.717) is 11.3 Å². The van der Waals surface area contributed by atoms with Gasteiger partial charge in [-0.05, 0) is 39.1 Å². The molecule has 1 saturated carbocycles. The summed E-state index contributed by atoms with van der Waals surface area (Å²) < 4.78 is 11.1. The van der Waals surface area contributed by atoms with Crippen molar-refractivity contribution in [1.82, 2.24) is 35.9 Å². The Morgan fingerprint density at radius 3 is 2.56 bits per heavy atom. The molecule has 0 spiro atoms. The van der Waals surface area contributed by atoms with Crippen LogP contribution >= 0.6 is 0 Å². The van der Waals surface area contributed by atoms with Gasteiger partial charge in [0.2, 0.25) is 11.8 Å². The number of amides is 3. The average molecular weight is 553 g/mol. The van der Waals surface area contributed by atoms with Gasteiger partial charge in [0.05, 0.1) is 60.7 Å². The largest absolute Gasteiger partial charge is 0.494 e. The number of carbonyl (C=O) groups excluding carboxylic acids is 3. The summed E-state index contributed by atoms with van der Waals surface area (Å²) in [6, 6.07) is 6.49. The highest BCUT2D eigenvalue weighted by molar-refractivity contribution is 6.60. The number of benzene rings is 1. The first-order valence-corrected chi connectivity index (χ1v) is 12.5. The van der Waals surface area contributed by atoms with Crippen LogP contribution in [-0.2, 0) is 16.1 Å². The fraction of sp³-hybridized carbons (Fsp3) is 0.375. The summed E-state index contributed by atoms with van der Waals surface area (Å²) in [5, 5.41) is 20.5. The number of aromatic nitrogens is 4. The lowest BCUT2D eigenvalue weighted by Gasteiger charge is -2.23. The molecule has 2 heterocycles. The van der Waals surface area contributed by atoms with E-state index in [9.17, 15) is 14.4 Å². The van der Waals surface area contributed by atoms with Gasteiger partial charge in [0.25, 0.3) is 11.8 Å². The van der Waals surface area contributed by atoms with Gasteiger partial charge in [0.1, 0.15) is 0 Å². The van der Waals surface area contributed by atoms with Gasteiger partial charge in [-0.2, -0.15) is 4.98 Å². The molecule has 0 aliphatic heterocycles. The molecule has 1 aliphatic rings. The van der Waals surface area contributed by atoms with Gasteiger partial charge < -0.3 is 35.4 Å². The van der Waals surface area contributed by atoms with E-state index >= 15 is 0 Å². The Kier molecular flexibility index (Phi) is 8.96. The predicted molar refractivity (Wildman–Crippen MR) is 151 cm³/mol. The Bertz CT molecular complexity index is 1440. The monoisotopic (exact) mass is 553 g/mol. The standard InChI is InChI=1S/C24H26B3N9O5/c1-36(2)11-18(37)28-10-17-31-23(41-35-17)13-5-4-6-14(20(13)40-3)29-15-9-16(30-21(38)12-7-8-12)33-34-19(15)22(39)32-24(25,26)27/h4-6,9,12H,7-8,10-11H2,1-3H3,(H,28,37)(H,32,39)(H2,29,30,33,38). The topological polar surface area (TPSA) is 176 Å². The van der Waals surface area contributed by atoms with Gasteiger partial charge in [-0.15, -0.1) is 10.2 Å². The number of carbonyl (C=O) groups is 3. The molecule has 6 radical (unpaired) electrons. The van der Waals surface area contributed by atoms with Gasteiger partial charge in [-0.3, -0.25) is 14.4 Å². The summed E-state index contributed by atoms with van der Waals surface area (Å²) in [5.74, 6) is -0.497. The van der Waals surface area contributed by atoms with Crippen molar-refractivity contribution < 1.29 is 23.6 Å². The molecule has 206 valence electrons. The minimum Gasteiger partial charge on any atom is -0.494 e. The average Bonchev–Trinajstić information content (AvgIpc) is 3.64. The van der Waals surface area contributed by atoms with E-state index in [4.69, 9.17) is 32.8 Å². The molecule has 4 rings (SSSR count). The van der Waals surface area contributed by atoms with Crippen molar-refractivity contribution in [3.05, 3.63) is 35.8 Å². The number of methoxy groups -OCH3 is 1. The molecule has 41 heavy (non-hydrogen) atoms. The van der Waals surface area contributed by atoms with E-state index in [1.807, 2.05) is 0 Å². The molecule has 4 N–H and O–H groups in total. The predicted octanol–water partition coefficient (Wildman–Crippen LogP) is -0.348. The Morgan fingerprint density at radius 1 is 1.15 bits per heavy atom. The summed E-state index contributed by atoms with van der Waals surface area (Å²) in [7, 11) is 21.6. The molecule has 14 nitrogen and oxygen atoms in total. The lowest BCUT2D eigenvalue weighted by molar-refractivity contribution is -0.122. The molecule has 0 bridgehead atoms. The van der Waals surface area contributed by atoms with Crippen molar-refractivity contribution in [2.45, 2.75) is 24.6 Å². The van der Waals surface area contributed by atoms with E-state index in [1.54, 1.807) is 37.2 Å². The SMILES string of the molecule is [B]C([B])([B])NC(=O)c1nnc(NC(=O)C2CC2)cc1Nc1cccc(-c2nc(CNC(=O)CN(C)C)no2)c1OC. The van der Waals surface area contributed by atoms with Crippen LogP contribution in [0.5, 0.6) is 5.75 Å². The number of rotatable bonds is 12. The zero-order valence-electron chi connectivity index (χ0n) is 22.7. The number of hydrogen-bond donors (Lipinski definition) is 4. The fourth-order valence-corrected chi connectivity index (χ4v) is 3.67. The number of anilines is 3. The molecular formula is C24H26B3N9O5. The second kappa shape index (κ2) is 12.4. The maximum atomic E-state index is 12.9. The number of nitrogens with zero attached hydrogens (tertiary/aromatic N) is 5. The van der Waals surface area contributed by atoms with Gasteiger partial charge in [0.15, 0.2) is 23.1 Å². The number of hydrogen-bond acceptors (Lipinski definition) is 11. The summed E-state index contributed by atoms with van der Waals surface area (Å²) in [6.07, 6.45) is 1.58. The van der Waals surface area contributed by atoms with Crippen molar-refractivity contribution in [2.75, 3.05) is 38.4 Å². The van der Waals surface area contributed by atoms with Crippen LogP contribution in [0.15, 0.2) is 28.8 Å². The summed E-state index contributed by atoms with van der Waals surface area (Å²) in [4.78, 5) is 43.2. The molecular weight excluding hydrogens is 527 g/mol. The minimum absolute atomic E-state index is 0.0673. The van der Waals surface area contributed by atoms with E-state index < -0.39 is 11.1 Å². The van der Waals surface area contributed by atoms with Crippen molar-refractivity contribution in [3.8, 4) is 17.2 Å². The summed E-state index contributed by atoms with van der Waals surface area (Å²) >= 11 is 0. The number of ether oxygens (including phenoxy) is 1. The molecule has 1 aromatic carbocycles. The van der Waals surface area contributed by atoms with Crippen LogP contribution in [0.4, 0.5) is 17.2 Å². The second-order valence-electron chi connectivity index (χ2n) is 9.68. The zero-order chi connectivity index (χ0) is 29.7. The summed E-state index contributed by atoms with van der Waals surface area (Å²) in [6.45, 7) is 0.281. The molecule has 3 amide bonds. The summed E-state index contributed by atoms with van der Waals surface area (Å²) in [5.41, 5.74) is 0.736. The molecule has 2 aromatic heterocycles. The third kappa shape index (κ3) is 8.07. The van der Waals surface area contributed by atoms with Crippen molar-refractivity contribution >= 4 is 58.5 Å². The van der Waals surface area contributed by atoms with Crippen LogP contribution in [-0.4, -0.2) is 99.5 Å². The van der Waals surface area contributed by atoms with Crippen LogP contribution in [0.1, 0.15) is 29.2 Å². The van der Waals surface area contributed by atoms with Gasteiger partial charge in [0, 0.05) is 12.0 Å². The molecule has 3 aromatic rings. The molecule has 0 saturated heterocycles. The van der Waals surface area contributed by atoms with E-state index in [1.165, 1.54) is 13.2 Å².